The molecule has 0 radical (unpaired) electrons. The molecule has 4 heteroatoms. The third kappa shape index (κ3) is 5.57. The Hall–Kier alpha value is -3.40. The van der Waals surface area contributed by atoms with Crippen LogP contribution in [-0.4, -0.2) is 18.5 Å². The molecular weight excluding hydrogens is 374 g/mol. The molecule has 1 N–H and O–H groups in total. The summed E-state index contributed by atoms with van der Waals surface area (Å²) in [4.78, 5) is 24.9. The zero-order valence-electron chi connectivity index (χ0n) is 17.6. The average molecular weight is 402 g/mol. The first-order chi connectivity index (χ1) is 14.4. The monoisotopic (exact) mass is 401 g/mol. The minimum Gasteiger partial charge on any atom is -0.452 e. The molecule has 0 aromatic heterocycles. The SMILES string of the molecule is Cc1ccc([C@@H](C)NC(=O)COC(=O)c2ccccc2Cc2ccccc2)cc1C. The number of rotatable bonds is 7. The standard InChI is InChI=1S/C26H27NO3/c1-18-13-14-22(15-19(18)2)20(3)27-25(28)17-30-26(29)24-12-8-7-11-23(24)16-21-9-5-4-6-10-21/h4-15,20H,16-17H2,1-3H3,(H,27,28)/t20-/m1/s1. The van der Waals surface area contributed by atoms with Crippen molar-refractivity contribution < 1.29 is 14.3 Å². The molecule has 0 heterocycles. The first-order valence-corrected chi connectivity index (χ1v) is 10.1. The Morgan fingerprint density at radius 3 is 2.33 bits per heavy atom. The predicted molar refractivity (Wildman–Crippen MR) is 118 cm³/mol. The Bertz CT molecular complexity index is 1030. The largest absolute Gasteiger partial charge is 0.452 e. The molecule has 0 saturated carbocycles. The van der Waals surface area contributed by atoms with Crippen LogP contribution in [0.25, 0.3) is 0 Å². The zero-order valence-corrected chi connectivity index (χ0v) is 17.6. The maximum atomic E-state index is 12.6. The van der Waals surface area contributed by atoms with Gasteiger partial charge in [-0.15, -0.1) is 0 Å². The highest BCUT2D eigenvalue weighted by Crippen LogP contribution is 2.17. The molecule has 0 saturated heterocycles. The van der Waals surface area contributed by atoms with Crippen molar-refractivity contribution in [2.45, 2.75) is 33.2 Å². The summed E-state index contributed by atoms with van der Waals surface area (Å²) in [5, 5.41) is 2.89. The van der Waals surface area contributed by atoms with E-state index >= 15 is 0 Å². The van der Waals surface area contributed by atoms with Crippen molar-refractivity contribution in [1.82, 2.24) is 5.32 Å². The molecule has 0 bridgehead atoms. The van der Waals surface area contributed by atoms with Gasteiger partial charge in [-0.05, 0) is 61.1 Å². The molecular formula is C26H27NO3. The van der Waals surface area contributed by atoms with E-state index in [1.807, 2.05) is 68.4 Å². The van der Waals surface area contributed by atoms with Crippen LogP contribution in [0.3, 0.4) is 0 Å². The van der Waals surface area contributed by atoms with E-state index in [0.29, 0.717) is 12.0 Å². The molecule has 3 rings (SSSR count). The number of aryl methyl sites for hydroxylation is 2. The minimum absolute atomic E-state index is 0.166. The van der Waals surface area contributed by atoms with E-state index < -0.39 is 5.97 Å². The lowest BCUT2D eigenvalue weighted by Crippen LogP contribution is -2.31. The lowest BCUT2D eigenvalue weighted by Gasteiger charge is -2.16. The van der Waals surface area contributed by atoms with E-state index in [0.717, 1.165) is 16.7 Å². The molecule has 1 atom stereocenters. The summed E-state index contributed by atoms with van der Waals surface area (Å²) in [6, 6.07) is 23.2. The smallest absolute Gasteiger partial charge is 0.338 e. The number of hydrogen-bond acceptors (Lipinski definition) is 3. The lowest BCUT2D eigenvalue weighted by atomic mass is 10.00. The Morgan fingerprint density at radius 2 is 1.60 bits per heavy atom. The second-order valence-corrected chi connectivity index (χ2v) is 7.53. The summed E-state index contributed by atoms with van der Waals surface area (Å²) in [5.74, 6) is -0.815. The van der Waals surface area contributed by atoms with Gasteiger partial charge in [0.1, 0.15) is 0 Å². The zero-order chi connectivity index (χ0) is 21.5. The predicted octanol–water partition coefficient (Wildman–Crippen LogP) is 4.93. The van der Waals surface area contributed by atoms with E-state index in [4.69, 9.17) is 4.74 Å². The van der Waals surface area contributed by atoms with Crippen molar-refractivity contribution in [3.05, 3.63) is 106 Å². The van der Waals surface area contributed by atoms with Gasteiger partial charge >= 0.3 is 5.97 Å². The van der Waals surface area contributed by atoms with E-state index in [1.54, 1.807) is 12.1 Å². The van der Waals surface area contributed by atoms with Gasteiger partial charge in [0.2, 0.25) is 0 Å². The summed E-state index contributed by atoms with van der Waals surface area (Å²) in [6.07, 6.45) is 0.627. The van der Waals surface area contributed by atoms with E-state index in [9.17, 15) is 9.59 Å². The Kier molecular flexibility index (Phi) is 7.02. The second-order valence-electron chi connectivity index (χ2n) is 7.53. The van der Waals surface area contributed by atoms with Crippen LogP contribution < -0.4 is 5.32 Å². The van der Waals surface area contributed by atoms with Gasteiger partial charge in [-0.1, -0.05) is 66.7 Å². The van der Waals surface area contributed by atoms with Crippen LogP contribution in [0.5, 0.6) is 0 Å². The molecule has 0 aliphatic heterocycles. The summed E-state index contributed by atoms with van der Waals surface area (Å²) in [7, 11) is 0. The second kappa shape index (κ2) is 9.88. The summed E-state index contributed by atoms with van der Waals surface area (Å²) >= 11 is 0. The Morgan fingerprint density at radius 1 is 0.900 bits per heavy atom. The van der Waals surface area contributed by atoms with Crippen LogP contribution >= 0.6 is 0 Å². The number of hydrogen-bond donors (Lipinski definition) is 1. The molecule has 0 fully saturated rings. The van der Waals surface area contributed by atoms with Gasteiger partial charge in [0.15, 0.2) is 6.61 Å². The highest BCUT2D eigenvalue weighted by molar-refractivity contribution is 5.92. The van der Waals surface area contributed by atoms with Gasteiger partial charge in [0.25, 0.3) is 5.91 Å². The number of nitrogens with one attached hydrogen (secondary N) is 1. The number of carbonyl (C=O) groups excluding carboxylic acids is 2. The van der Waals surface area contributed by atoms with Crippen molar-refractivity contribution in [2.24, 2.45) is 0 Å². The van der Waals surface area contributed by atoms with Gasteiger partial charge in [-0.2, -0.15) is 0 Å². The van der Waals surface area contributed by atoms with Crippen molar-refractivity contribution in [3.63, 3.8) is 0 Å². The highest BCUT2D eigenvalue weighted by atomic mass is 16.5. The van der Waals surface area contributed by atoms with Crippen LogP contribution in [0.4, 0.5) is 0 Å². The van der Waals surface area contributed by atoms with Crippen LogP contribution in [0.15, 0.2) is 72.8 Å². The van der Waals surface area contributed by atoms with Crippen molar-refractivity contribution in [1.29, 1.82) is 0 Å². The van der Waals surface area contributed by atoms with Crippen LogP contribution in [0.2, 0.25) is 0 Å². The quantitative estimate of drug-likeness (QED) is 0.571. The van der Waals surface area contributed by atoms with Crippen LogP contribution in [0, 0.1) is 13.8 Å². The number of benzene rings is 3. The summed E-state index contributed by atoms with van der Waals surface area (Å²) in [5.41, 5.74) is 5.87. The highest BCUT2D eigenvalue weighted by Gasteiger charge is 2.16. The third-order valence-electron chi connectivity index (χ3n) is 5.22. The van der Waals surface area contributed by atoms with Gasteiger partial charge in [0.05, 0.1) is 11.6 Å². The molecule has 0 aliphatic rings. The molecule has 0 unspecified atom stereocenters. The molecule has 3 aromatic carbocycles. The Balaban J connectivity index is 1.59. The van der Waals surface area contributed by atoms with Crippen molar-refractivity contribution in [2.75, 3.05) is 6.61 Å². The number of amides is 1. The van der Waals surface area contributed by atoms with Gasteiger partial charge < -0.3 is 10.1 Å². The lowest BCUT2D eigenvalue weighted by molar-refractivity contribution is -0.124. The first kappa shape index (κ1) is 21.3. The molecule has 30 heavy (non-hydrogen) atoms. The topological polar surface area (TPSA) is 55.4 Å². The molecule has 0 aliphatic carbocycles. The van der Waals surface area contributed by atoms with E-state index in [2.05, 4.69) is 18.3 Å². The number of ether oxygens (including phenoxy) is 1. The van der Waals surface area contributed by atoms with Crippen LogP contribution in [-0.2, 0) is 16.0 Å². The van der Waals surface area contributed by atoms with E-state index in [1.165, 1.54) is 11.1 Å². The average Bonchev–Trinajstić information content (AvgIpc) is 2.75. The molecule has 3 aromatic rings. The summed E-state index contributed by atoms with van der Waals surface area (Å²) < 4.78 is 5.30. The number of esters is 1. The molecule has 1 amide bonds. The maximum absolute atomic E-state index is 12.6. The normalized spacial score (nSPS) is 11.6. The van der Waals surface area contributed by atoms with Crippen molar-refractivity contribution in [3.8, 4) is 0 Å². The first-order valence-electron chi connectivity index (χ1n) is 10.1. The molecule has 4 nitrogen and oxygen atoms in total. The van der Waals surface area contributed by atoms with Gasteiger partial charge in [-0.3, -0.25) is 4.79 Å². The number of carbonyl (C=O) groups is 2. The fourth-order valence-corrected chi connectivity index (χ4v) is 3.30. The van der Waals surface area contributed by atoms with E-state index in [-0.39, 0.29) is 18.6 Å². The summed E-state index contributed by atoms with van der Waals surface area (Å²) in [6.45, 7) is 5.70. The van der Waals surface area contributed by atoms with Crippen LogP contribution in [0.1, 0.15) is 51.1 Å². The molecule has 154 valence electrons. The fraction of sp³-hybridized carbons (Fsp3) is 0.231. The maximum Gasteiger partial charge on any atom is 0.338 e. The minimum atomic E-state index is -0.490. The van der Waals surface area contributed by atoms with Gasteiger partial charge in [0, 0.05) is 0 Å². The third-order valence-corrected chi connectivity index (χ3v) is 5.22. The van der Waals surface area contributed by atoms with Crippen molar-refractivity contribution >= 4 is 11.9 Å². The van der Waals surface area contributed by atoms with Gasteiger partial charge in [-0.25, -0.2) is 4.79 Å². The fourth-order valence-electron chi connectivity index (χ4n) is 3.30. The Labute approximate surface area is 177 Å². The molecule has 0 spiro atoms.